The Morgan fingerprint density at radius 3 is 2.46 bits per heavy atom. The number of carbonyl (C=O) groups is 1. The second-order valence-electron chi connectivity index (χ2n) is 2.90. The molecule has 0 amide bonds. The van der Waals surface area contributed by atoms with E-state index in [1.807, 2.05) is 0 Å². The van der Waals surface area contributed by atoms with Gasteiger partial charge in [-0.05, 0) is 12.8 Å². The van der Waals surface area contributed by atoms with Crippen LogP contribution in [0.15, 0.2) is 0 Å². The van der Waals surface area contributed by atoms with Gasteiger partial charge in [0.1, 0.15) is 15.9 Å². The maximum absolute atomic E-state index is 10.8. The molecule has 78 valence electrons. The number of hydrogen-bond donors (Lipinski definition) is 1. The summed E-state index contributed by atoms with van der Waals surface area (Å²) < 4.78 is 25.8. The van der Waals surface area contributed by atoms with Crippen molar-refractivity contribution in [3.05, 3.63) is 0 Å². The summed E-state index contributed by atoms with van der Waals surface area (Å²) in [6.45, 7) is 0. The second-order valence-corrected chi connectivity index (χ2v) is 5.16. The van der Waals surface area contributed by atoms with Crippen molar-refractivity contribution in [2.75, 3.05) is 19.1 Å². The summed E-state index contributed by atoms with van der Waals surface area (Å²) in [6.07, 6.45) is 1.87. The highest BCUT2D eigenvalue weighted by atomic mass is 32.2. The van der Waals surface area contributed by atoms with Gasteiger partial charge in [0.2, 0.25) is 0 Å². The van der Waals surface area contributed by atoms with Crippen molar-refractivity contribution in [1.82, 2.24) is 0 Å². The number of rotatable bonds is 5. The van der Waals surface area contributed by atoms with Gasteiger partial charge >= 0.3 is 5.97 Å². The van der Waals surface area contributed by atoms with Crippen molar-refractivity contribution in [1.29, 1.82) is 0 Å². The molecule has 0 fully saturated rings. The zero-order chi connectivity index (χ0) is 10.5. The Balaban J connectivity index is 3.72. The average Bonchev–Trinajstić information content (AvgIpc) is 2.00. The van der Waals surface area contributed by atoms with Gasteiger partial charge in [0.15, 0.2) is 0 Å². The lowest BCUT2D eigenvalue weighted by atomic mass is 10.2. The van der Waals surface area contributed by atoms with Gasteiger partial charge in [0, 0.05) is 12.0 Å². The van der Waals surface area contributed by atoms with E-state index in [0.717, 1.165) is 6.26 Å². The van der Waals surface area contributed by atoms with Crippen LogP contribution < -0.4 is 5.73 Å². The molecule has 0 radical (unpaired) electrons. The predicted octanol–water partition coefficient (Wildman–Crippen LogP) is -0.688. The van der Waals surface area contributed by atoms with Gasteiger partial charge in [-0.25, -0.2) is 8.42 Å². The van der Waals surface area contributed by atoms with Crippen LogP contribution in [0.5, 0.6) is 0 Å². The fourth-order valence-electron chi connectivity index (χ4n) is 0.835. The maximum Gasteiger partial charge on any atom is 0.322 e. The molecule has 0 heterocycles. The molecule has 13 heavy (non-hydrogen) atoms. The molecule has 0 aliphatic rings. The smallest absolute Gasteiger partial charge is 0.322 e. The Morgan fingerprint density at radius 2 is 2.08 bits per heavy atom. The molecular weight excluding hydrogens is 194 g/mol. The number of ether oxygens (including phenoxy) is 1. The minimum absolute atomic E-state index is 0.0533. The number of hydrogen-bond acceptors (Lipinski definition) is 5. The fourth-order valence-corrected chi connectivity index (χ4v) is 1.53. The molecule has 0 saturated heterocycles. The van der Waals surface area contributed by atoms with Crippen molar-refractivity contribution < 1.29 is 17.9 Å². The molecule has 0 aromatic heterocycles. The number of sulfone groups is 1. The molecule has 2 N–H and O–H groups in total. The Labute approximate surface area is 78.2 Å². The molecule has 0 bridgehead atoms. The number of nitrogens with two attached hydrogens (primary N) is 1. The van der Waals surface area contributed by atoms with Crippen LogP contribution >= 0.6 is 0 Å². The highest BCUT2D eigenvalue weighted by molar-refractivity contribution is 7.90. The SMILES string of the molecule is COC(=O)C(N)CCCS(C)(=O)=O. The predicted molar refractivity (Wildman–Crippen MR) is 48.9 cm³/mol. The van der Waals surface area contributed by atoms with Crippen LogP contribution in [0.3, 0.4) is 0 Å². The van der Waals surface area contributed by atoms with Crippen molar-refractivity contribution >= 4 is 15.8 Å². The zero-order valence-electron chi connectivity index (χ0n) is 7.82. The molecule has 0 spiro atoms. The highest BCUT2D eigenvalue weighted by Gasteiger charge is 2.13. The molecule has 0 saturated carbocycles. The first kappa shape index (κ1) is 12.4. The Bertz CT molecular complexity index is 260. The largest absolute Gasteiger partial charge is 0.468 e. The molecule has 1 atom stereocenters. The number of esters is 1. The van der Waals surface area contributed by atoms with Crippen molar-refractivity contribution in [3.63, 3.8) is 0 Å². The van der Waals surface area contributed by atoms with Gasteiger partial charge in [-0.2, -0.15) is 0 Å². The van der Waals surface area contributed by atoms with Gasteiger partial charge in [-0.1, -0.05) is 0 Å². The van der Waals surface area contributed by atoms with E-state index in [0.29, 0.717) is 12.8 Å². The summed E-state index contributed by atoms with van der Waals surface area (Å²) in [5, 5.41) is 0. The summed E-state index contributed by atoms with van der Waals surface area (Å²) >= 11 is 0. The first-order valence-electron chi connectivity index (χ1n) is 3.88. The summed E-state index contributed by atoms with van der Waals surface area (Å²) in [5.41, 5.74) is 5.39. The first-order chi connectivity index (χ1) is 5.87. The fraction of sp³-hybridized carbons (Fsp3) is 0.857. The third-order valence-electron chi connectivity index (χ3n) is 1.53. The standard InChI is InChI=1S/C7H15NO4S/c1-12-7(9)6(8)4-3-5-13(2,10)11/h6H,3-5,8H2,1-2H3. The van der Waals surface area contributed by atoms with E-state index in [4.69, 9.17) is 5.73 Å². The lowest BCUT2D eigenvalue weighted by molar-refractivity contribution is -0.142. The molecule has 0 aliphatic heterocycles. The van der Waals surface area contributed by atoms with Gasteiger partial charge in [-0.15, -0.1) is 0 Å². The summed E-state index contributed by atoms with van der Waals surface area (Å²) in [4.78, 5) is 10.8. The lowest BCUT2D eigenvalue weighted by Crippen LogP contribution is -2.31. The van der Waals surface area contributed by atoms with Gasteiger partial charge in [0.05, 0.1) is 7.11 Å². The van der Waals surface area contributed by atoms with E-state index < -0.39 is 21.8 Å². The molecule has 5 nitrogen and oxygen atoms in total. The van der Waals surface area contributed by atoms with E-state index in [9.17, 15) is 13.2 Å². The van der Waals surface area contributed by atoms with Crippen LogP contribution in [0.1, 0.15) is 12.8 Å². The van der Waals surface area contributed by atoms with Crippen LogP contribution in [0, 0.1) is 0 Å². The van der Waals surface area contributed by atoms with Crippen molar-refractivity contribution in [2.24, 2.45) is 5.73 Å². The van der Waals surface area contributed by atoms with Crippen LogP contribution in [0.2, 0.25) is 0 Å². The van der Waals surface area contributed by atoms with E-state index in [-0.39, 0.29) is 5.75 Å². The third-order valence-corrected chi connectivity index (χ3v) is 2.56. The van der Waals surface area contributed by atoms with E-state index in [1.54, 1.807) is 0 Å². The topological polar surface area (TPSA) is 86.5 Å². The molecule has 0 aliphatic carbocycles. The first-order valence-corrected chi connectivity index (χ1v) is 5.94. The van der Waals surface area contributed by atoms with Gasteiger partial charge < -0.3 is 10.5 Å². The lowest BCUT2D eigenvalue weighted by Gasteiger charge is -2.07. The van der Waals surface area contributed by atoms with E-state index in [1.165, 1.54) is 7.11 Å². The second kappa shape index (κ2) is 5.18. The summed E-state index contributed by atoms with van der Waals surface area (Å²) in [6, 6.07) is -0.716. The zero-order valence-corrected chi connectivity index (χ0v) is 8.63. The van der Waals surface area contributed by atoms with E-state index >= 15 is 0 Å². The molecule has 0 rings (SSSR count). The molecule has 0 aromatic carbocycles. The van der Waals surface area contributed by atoms with Crippen LogP contribution in [0.25, 0.3) is 0 Å². The van der Waals surface area contributed by atoms with E-state index in [2.05, 4.69) is 4.74 Å². The van der Waals surface area contributed by atoms with Crippen LogP contribution in [-0.4, -0.2) is 39.5 Å². The van der Waals surface area contributed by atoms with Gasteiger partial charge in [0.25, 0.3) is 0 Å². The Morgan fingerprint density at radius 1 is 1.54 bits per heavy atom. The van der Waals surface area contributed by atoms with Crippen LogP contribution in [0.4, 0.5) is 0 Å². The maximum atomic E-state index is 10.8. The van der Waals surface area contributed by atoms with Gasteiger partial charge in [-0.3, -0.25) is 4.79 Å². The number of carbonyl (C=O) groups excluding carboxylic acids is 1. The van der Waals surface area contributed by atoms with Crippen molar-refractivity contribution in [3.8, 4) is 0 Å². The monoisotopic (exact) mass is 209 g/mol. The molecular formula is C7H15NO4S. The average molecular weight is 209 g/mol. The minimum Gasteiger partial charge on any atom is -0.468 e. The summed E-state index contributed by atoms with van der Waals surface area (Å²) in [5.74, 6) is -0.453. The highest BCUT2D eigenvalue weighted by Crippen LogP contribution is 1.99. The minimum atomic E-state index is -2.96. The van der Waals surface area contributed by atoms with Crippen LogP contribution in [-0.2, 0) is 19.4 Å². The Hall–Kier alpha value is -0.620. The molecule has 0 aromatic rings. The third kappa shape index (κ3) is 6.53. The Kier molecular flexibility index (Phi) is 4.94. The molecule has 1 unspecified atom stereocenters. The quantitative estimate of drug-likeness (QED) is 0.606. The number of methoxy groups -OCH3 is 1. The normalized spacial score (nSPS) is 13.8. The molecule has 6 heteroatoms. The summed E-state index contributed by atoms with van der Waals surface area (Å²) in [7, 11) is -1.71. The van der Waals surface area contributed by atoms with Crippen molar-refractivity contribution in [2.45, 2.75) is 18.9 Å².